The highest BCUT2D eigenvalue weighted by atomic mass is 16.5. The molecule has 21 heavy (non-hydrogen) atoms. The van der Waals surface area contributed by atoms with Gasteiger partial charge in [0.1, 0.15) is 6.04 Å². The maximum atomic E-state index is 9.77. The highest BCUT2D eigenvalue weighted by Crippen LogP contribution is 2.32. The van der Waals surface area contributed by atoms with Crippen molar-refractivity contribution in [1.82, 2.24) is 4.90 Å². The second-order valence-electron chi connectivity index (χ2n) is 5.40. The predicted molar refractivity (Wildman–Crippen MR) is 79.2 cm³/mol. The molecule has 3 atom stereocenters. The van der Waals surface area contributed by atoms with Crippen molar-refractivity contribution in [2.75, 3.05) is 19.7 Å². The molecule has 2 rings (SSSR count). The lowest BCUT2D eigenvalue weighted by Gasteiger charge is -2.37. The first-order chi connectivity index (χ1) is 10.0. The lowest BCUT2D eigenvalue weighted by Crippen LogP contribution is -2.46. The van der Waals surface area contributed by atoms with Crippen molar-refractivity contribution in [3.05, 3.63) is 23.8 Å². The number of rotatable bonds is 4. The molecule has 5 heteroatoms. The van der Waals surface area contributed by atoms with E-state index in [0.29, 0.717) is 25.4 Å². The van der Waals surface area contributed by atoms with Gasteiger partial charge in [-0.2, -0.15) is 5.26 Å². The van der Waals surface area contributed by atoms with Crippen LogP contribution in [0.4, 0.5) is 0 Å². The maximum absolute atomic E-state index is 9.77. The van der Waals surface area contributed by atoms with E-state index in [1.807, 2.05) is 20.8 Å². The Morgan fingerprint density at radius 1 is 1.43 bits per heavy atom. The smallest absolute Gasteiger partial charge is 0.161 e. The van der Waals surface area contributed by atoms with Gasteiger partial charge in [0.25, 0.3) is 0 Å². The summed E-state index contributed by atoms with van der Waals surface area (Å²) in [5.41, 5.74) is 0.833. The van der Waals surface area contributed by atoms with Crippen molar-refractivity contribution in [2.45, 2.75) is 39.0 Å². The van der Waals surface area contributed by atoms with Crippen molar-refractivity contribution in [3.63, 3.8) is 0 Å². The zero-order valence-electron chi connectivity index (χ0n) is 12.7. The number of hydrogen-bond acceptors (Lipinski definition) is 5. The number of morpholine rings is 1. The molecule has 3 unspecified atom stereocenters. The normalized spacial score (nSPS) is 24.3. The van der Waals surface area contributed by atoms with Crippen molar-refractivity contribution in [2.24, 2.45) is 0 Å². The van der Waals surface area contributed by atoms with Crippen molar-refractivity contribution in [3.8, 4) is 17.6 Å². The highest BCUT2D eigenvalue weighted by Gasteiger charge is 2.29. The summed E-state index contributed by atoms with van der Waals surface area (Å²) in [6.45, 7) is 7.79. The number of phenolic OH excluding ortho intramolecular Hbond substituents is 1. The lowest BCUT2D eigenvalue weighted by atomic mass is 10.0. The number of ether oxygens (including phenoxy) is 2. The molecule has 1 aliphatic rings. The van der Waals surface area contributed by atoms with E-state index >= 15 is 0 Å². The van der Waals surface area contributed by atoms with E-state index in [1.54, 1.807) is 18.2 Å². The molecule has 0 aromatic heterocycles. The molecule has 1 aromatic carbocycles. The SMILES string of the molecule is CCOc1cc(C(C#N)N2CC(C)OC(C)C2)ccc1O. The van der Waals surface area contributed by atoms with E-state index in [1.165, 1.54) is 0 Å². The molecule has 0 aliphatic carbocycles. The summed E-state index contributed by atoms with van der Waals surface area (Å²) < 4.78 is 11.1. The molecule has 5 nitrogen and oxygen atoms in total. The molecule has 1 heterocycles. The van der Waals surface area contributed by atoms with Gasteiger partial charge < -0.3 is 14.6 Å². The minimum absolute atomic E-state index is 0.0982. The lowest BCUT2D eigenvalue weighted by molar-refractivity contribution is -0.0750. The van der Waals surface area contributed by atoms with Crippen LogP contribution in [0, 0.1) is 11.3 Å². The number of nitrogens with zero attached hydrogens (tertiary/aromatic N) is 2. The summed E-state index contributed by atoms with van der Waals surface area (Å²) in [7, 11) is 0. The second kappa shape index (κ2) is 6.79. The van der Waals surface area contributed by atoms with Gasteiger partial charge in [-0.15, -0.1) is 0 Å². The molecule has 0 amide bonds. The van der Waals surface area contributed by atoms with Crippen LogP contribution in [0.1, 0.15) is 32.4 Å². The van der Waals surface area contributed by atoms with Gasteiger partial charge in [-0.25, -0.2) is 0 Å². The highest BCUT2D eigenvalue weighted by molar-refractivity contribution is 5.44. The zero-order valence-corrected chi connectivity index (χ0v) is 12.7. The van der Waals surface area contributed by atoms with Gasteiger partial charge in [0.15, 0.2) is 11.5 Å². The molecule has 1 saturated heterocycles. The van der Waals surface area contributed by atoms with Gasteiger partial charge in [-0.05, 0) is 38.5 Å². The summed E-state index contributed by atoms with van der Waals surface area (Å²) in [5, 5.41) is 19.3. The Kier molecular flexibility index (Phi) is 5.05. The van der Waals surface area contributed by atoms with Crippen LogP contribution in [-0.2, 0) is 4.74 Å². The van der Waals surface area contributed by atoms with E-state index in [9.17, 15) is 10.4 Å². The van der Waals surface area contributed by atoms with Crippen molar-refractivity contribution >= 4 is 0 Å². The Morgan fingerprint density at radius 2 is 2.10 bits per heavy atom. The fraction of sp³-hybridized carbons (Fsp3) is 0.562. The van der Waals surface area contributed by atoms with E-state index in [-0.39, 0.29) is 24.0 Å². The zero-order chi connectivity index (χ0) is 15.4. The molecule has 1 fully saturated rings. The third-order valence-electron chi connectivity index (χ3n) is 3.53. The molecule has 1 aromatic rings. The number of benzene rings is 1. The Labute approximate surface area is 125 Å². The molecule has 0 saturated carbocycles. The minimum atomic E-state index is -0.362. The Balaban J connectivity index is 2.25. The minimum Gasteiger partial charge on any atom is -0.504 e. The summed E-state index contributed by atoms with van der Waals surface area (Å²) in [6.07, 6.45) is 0.209. The Morgan fingerprint density at radius 3 is 2.67 bits per heavy atom. The molecule has 1 aliphatic heterocycles. The summed E-state index contributed by atoms with van der Waals surface area (Å²) in [5.74, 6) is 0.519. The van der Waals surface area contributed by atoms with Crippen LogP contribution in [0.25, 0.3) is 0 Å². The van der Waals surface area contributed by atoms with Gasteiger partial charge in [0, 0.05) is 13.1 Å². The molecule has 0 radical (unpaired) electrons. The first kappa shape index (κ1) is 15.6. The summed E-state index contributed by atoms with van der Waals surface area (Å²) >= 11 is 0. The van der Waals surface area contributed by atoms with Crippen molar-refractivity contribution < 1.29 is 14.6 Å². The molecule has 1 N–H and O–H groups in total. The fourth-order valence-corrected chi connectivity index (χ4v) is 2.77. The molecular weight excluding hydrogens is 268 g/mol. The first-order valence-electron chi connectivity index (χ1n) is 7.30. The summed E-state index contributed by atoms with van der Waals surface area (Å²) in [6, 6.07) is 7.09. The van der Waals surface area contributed by atoms with Crippen LogP contribution in [0.15, 0.2) is 18.2 Å². The van der Waals surface area contributed by atoms with Crippen LogP contribution in [0.2, 0.25) is 0 Å². The third kappa shape index (κ3) is 3.66. The van der Waals surface area contributed by atoms with Crippen molar-refractivity contribution in [1.29, 1.82) is 5.26 Å². The van der Waals surface area contributed by atoms with Crippen LogP contribution in [0.3, 0.4) is 0 Å². The average Bonchev–Trinajstić information content (AvgIpc) is 2.42. The number of nitriles is 1. The van der Waals surface area contributed by atoms with Gasteiger partial charge in [0.05, 0.1) is 24.9 Å². The Bertz CT molecular complexity index is 517. The van der Waals surface area contributed by atoms with Gasteiger partial charge in [0.2, 0.25) is 0 Å². The van der Waals surface area contributed by atoms with E-state index in [4.69, 9.17) is 9.47 Å². The molecule has 0 spiro atoms. The number of hydrogen-bond donors (Lipinski definition) is 1. The van der Waals surface area contributed by atoms with E-state index in [0.717, 1.165) is 5.56 Å². The maximum Gasteiger partial charge on any atom is 0.161 e. The van der Waals surface area contributed by atoms with Crippen LogP contribution in [-0.4, -0.2) is 41.9 Å². The molecular formula is C16H22N2O3. The largest absolute Gasteiger partial charge is 0.504 e. The number of aromatic hydroxyl groups is 1. The third-order valence-corrected chi connectivity index (χ3v) is 3.53. The monoisotopic (exact) mass is 290 g/mol. The number of phenols is 1. The van der Waals surface area contributed by atoms with Gasteiger partial charge in [-0.1, -0.05) is 6.07 Å². The molecule has 0 bridgehead atoms. The van der Waals surface area contributed by atoms with Gasteiger partial charge >= 0.3 is 0 Å². The van der Waals surface area contributed by atoms with E-state index in [2.05, 4.69) is 11.0 Å². The summed E-state index contributed by atoms with van der Waals surface area (Å²) in [4.78, 5) is 2.11. The van der Waals surface area contributed by atoms with Crippen LogP contribution >= 0.6 is 0 Å². The predicted octanol–water partition coefficient (Wildman–Crippen LogP) is 2.46. The first-order valence-corrected chi connectivity index (χ1v) is 7.30. The van der Waals surface area contributed by atoms with E-state index < -0.39 is 0 Å². The standard InChI is InChI=1S/C16H22N2O3/c1-4-20-16-7-13(5-6-15(16)19)14(8-17)18-9-11(2)21-12(3)10-18/h5-7,11-12,14,19H,4,9-10H2,1-3H3. The fourth-order valence-electron chi connectivity index (χ4n) is 2.77. The topological polar surface area (TPSA) is 65.7 Å². The van der Waals surface area contributed by atoms with Crippen LogP contribution in [0.5, 0.6) is 11.5 Å². The molecule has 114 valence electrons. The quantitative estimate of drug-likeness (QED) is 0.922. The average molecular weight is 290 g/mol. The second-order valence-corrected chi connectivity index (χ2v) is 5.40. The van der Waals surface area contributed by atoms with Crippen LogP contribution < -0.4 is 4.74 Å². The Hall–Kier alpha value is -1.77. The van der Waals surface area contributed by atoms with Gasteiger partial charge in [-0.3, -0.25) is 4.90 Å².